The molecule has 0 saturated heterocycles. The first-order valence-corrected chi connectivity index (χ1v) is 11.3. The maximum absolute atomic E-state index is 13.8. The van der Waals surface area contributed by atoms with Gasteiger partial charge in [-0.2, -0.15) is 0 Å². The number of benzene rings is 2. The number of pyridine rings is 1. The Kier molecular flexibility index (Phi) is 5.47. The number of methoxy groups -OCH3 is 1. The van der Waals surface area contributed by atoms with Crippen molar-refractivity contribution in [3.05, 3.63) is 88.7 Å². The van der Waals surface area contributed by atoms with Crippen LogP contribution >= 0.6 is 11.6 Å². The monoisotopic (exact) mass is 457 g/mol. The Labute approximate surface area is 199 Å². The lowest BCUT2D eigenvalue weighted by atomic mass is 9.80. The molecule has 1 fully saturated rings. The van der Waals surface area contributed by atoms with E-state index in [1.165, 1.54) is 0 Å². The molecular formula is C27H24ClN3O2. The fourth-order valence-electron chi connectivity index (χ4n) is 4.58. The molecule has 3 aromatic rings. The third kappa shape index (κ3) is 3.81. The summed E-state index contributed by atoms with van der Waals surface area (Å²) < 4.78 is 5.27. The number of halogens is 1. The zero-order valence-electron chi connectivity index (χ0n) is 18.6. The number of ether oxygens (including phenoxy) is 1. The molecule has 166 valence electrons. The summed E-state index contributed by atoms with van der Waals surface area (Å²) in [7, 11) is 3.49. The number of amides is 2. The second kappa shape index (κ2) is 8.46. The summed E-state index contributed by atoms with van der Waals surface area (Å²) in [5.74, 6) is 7.74. The lowest BCUT2D eigenvalue weighted by molar-refractivity contribution is 0.152. The lowest BCUT2D eigenvalue weighted by Crippen LogP contribution is -2.57. The van der Waals surface area contributed by atoms with Gasteiger partial charge < -0.3 is 9.64 Å². The lowest BCUT2D eigenvalue weighted by Gasteiger charge is -2.47. The number of anilines is 1. The fraction of sp³-hybridized carbons (Fsp3) is 0.259. The van der Waals surface area contributed by atoms with Crippen molar-refractivity contribution >= 4 is 23.3 Å². The summed E-state index contributed by atoms with van der Waals surface area (Å²) in [6.45, 7) is 0.441. The van der Waals surface area contributed by atoms with Crippen LogP contribution in [0.4, 0.5) is 10.5 Å². The topological polar surface area (TPSA) is 45.7 Å². The van der Waals surface area contributed by atoms with E-state index in [0.717, 1.165) is 35.4 Å². The van der Waals surface area contributed by atoms with Crippen LogP contribution in [0.2, 0.25) is 5.02 Å². The molecule has 5 nitrogen and oxygen atoms in total. The SMILES string of the molecule is COc1ccc(CN2C(=O)N(C)C(C#Cc3ccccn3)(C3CC3)c3cc(Cl)ccc32)cc1. The van der Waals surface area contributed by atoms with E-state index >= 15 is 0 Å². The molecule has 1 aliphatic carbocycles. The molecule has 2 heterocycles. The van der Waals surface area contributed by atoms with Crippen LogP contribution < -0.4 is 9.64 Å². The van der Waals surface area contributed by atoms with Gasteiger partial charge >= 0.3 is 6.03 Å². The molecule has 2 amide bonds. The van der Waals surface area contributed by atoms with Crippen molar-refractivity contribution in [2.75, 3.05) is 19.1 Å². The van der Waals surface area contributed by atoms with E-state index in [1.54, 1.807) is 23.1 Å². The molecule has 0 radical (unpaired) electrons. The van der Waals surface area contributed by atoms with Gasteiger partial charge in [-0.15, -0.1) is 0 Å². The number of carbonyl (C=O) groups is 1. The predicted molar refractivity (Wildman–Crippen MR) is 129 cm³/mol. The normalized spacial score (nSPS) is 19.5. The van der Waals surface area contributed by atoms with Crippen molar-refractivity contribution in [2.45, 2.75) is 24.9 Å². The predicted octanol–water partition coefficient (Wildman–Crippen LogP) is 5.47. The van der Waals surface area contributed by atoms with Crippen LogP contribution in [-0.2, 0) is 12.1 Å². The highest BCUT2D eigenvalue weighted by Crippen LogP contribution is 2.54. The molecule has 1 saturated carbocycles. The van der Waals surface area contributed by atoms with Gasteiger partial charge in [0.2, 0.25) is 0 Å². The molecule has 0 spiro atoms. The Morgan fingerprint density at radius 1 is 1.15 bits per heavy atom. The van der Waals surface area contributed by atoms with Crippen molar-refractivity contribution in [1.82, 2.24) is 9.88 Å². The molecule has 2 aromatic carbocycles. The number of carbonyl (C=O) groups excluding carboxylic acids is 1. The summed E-state index contributed by atoms with van der Waals surface area (Å²) in [6, 6.07) is 19.1. The first-order valence-electron chi connectivity index (χ1n) is 11.0. The molecule has 2 aliphatic rings. The van der Waals surface area contributed by atoms with Gasteiger partial charge in [-0.05, 0) is 72.7 Å². The second-order valence-corrected chi connectivity index (χ2v) is 8.88. The molecule has 0 bridgehead atoms. The number of aromatic nitrogens is 1. The highest BCUT2D eigenvalue weighted by atomic mass is 35.5. The van der Waals surface area contributed by atoms with Gasteiger partial charge in [0.15, 0.2) is 0 Å². The minimum Gasteiger partial charge on any atom is -0.497 e. The highest BCUT2D eigenvalue weighted by molar-refractivity contribution is 6.30. The molecule has 1 unspecified atom stereocenters. The molecule has 1 atom stereocenters. The first kappa shape index (κ1) is 21.4. The summed E-state index contributed by atoms with van der Waals surface area (Å²) in [5, 5.41) is 0.630. The molecule has 33 heavy (non-hydrogen) atoms. The average molecular weight is 458 g/mol. The maximum atomic E-state index is 13.8. The van der Waals surface area contributed by atoms with E-state index in [1.807, 2.05) is 67.7 Å². The zero-order chi connectivity index (χ0) is 23.0. The van der Waals surface area contributed by atoms with Crippen LogP contribution in [0.3, 0.4) is 0 Å². The highest BCUT2D eigenvalue weighted by Gasteiger charge is 2.55. The van der Waals surface area contributed by atoms with Crippen LogP contribution in [0.15, 0.2) is 66.9 Å². The average Bonchev–Trinajstić information content (AvgIpc) is 3.69. The van der Waals surface area contributed by atoms with Gasteiger partial charge in [-0.1, -0.05) is 35.7 Å². The third-order valence-corrected chi connectivity index (χ3v) is 6.66. The van der Waals surface area contributed by atoms with Gasteiger partial charge in [-0.3, -0.25) is 4.90 Å². The van der Waals surface area contributed by atoms with Gasteiger partial charge in [0.05, 0.1) is 19.3 Å². The first-order chi connectivity index (χ1) is 16.0. The van der Waals surface area contributed by atoms with Crippen LogP contribution in [0.1, 0.15) is 29.7 Å². The van der Waals surface area contributed by atoms with Crippen molar-refractivity contribution < 1.29 is 9.53 Å². The Bertz CT molecular complexity index is 1250. The molecule has 5 rings (SSSR count). The van der Waals surface area contributed by atoms with Crippen molar-refractivity contribution in [2.24, 2.45) is 5.92 Å². The van der Waals surface area contributed by atoms with Crippen molar-refractivity contribution in [3.63, 3.8) is 0 Å². The smallest absolute Gasteiger partial charge is 0.326 e. The third-order valence-electron chi connectivity index (χ3n) is 6.42. The quantitative estimate of drug-likeness (QED) is 0.488. The largest absolute Gasteiger partial charge is 0.497 e. The van der Waals surface area contributed by atoms with E-state index in [4.69, 9.17) is 16.3 Å². The molecule has 1 aliphatic heterocycles. The number of urea groups is 1. The van der Waals surface area contributed by atoms with Crippen molar-refractivity contribution in [3.8, 4) is 17.6 Å². The summed E-state index contributed by atoms with van der Waals surface area (Å²) in [6.07, 6.45) is 3.75. The molecule has 6 heteroatoms. The van der Waals surface area contributed by atoms with E-state index in [-0.39, 0.29) is 11.9 Å². The van der Waals surface area contributed by atoms with Crippen LogP contribution in [-0.4, -0.2) is 30.1 Å². The van der Waals surface area contributed by atoms with Crippen LogP contribution in [0.5, 0.6) is 5.75 Å². The molecule has 1 aromatic heterocycles. The number of nitrogens with zero attached hydrogens (tertiary/aromatic N) is 3. The summed E-state index contributed by atoms with van der Waals surface area (Å²) >= 11 is 6.48. The molecule has 0 N–H and O–H groups in total. The van der Waals surface area contributed by atoms with Crippen LogP contribution in [0, 0.1) is 17.8 Å². The maximum Gasteiger partial charge on any atom is 0.326 e. The zero-order valence-corrected chi connectivity index (χ0v) is 19.3. The number of fused-ring (bicyclic) bond motifs is 1. The minimum absolute atomic E-state index is 0.0807. The minimum atomic E-state index is -0.745. The molecular weight excluding hydrogens is 434 g/mol. The van der Waals surface area contributed by atoms with E-state index in [2.05, 4.69) is 16.8 Å². The Morgan fingerprint density at radius 3 is 2.61 bits per heavy atom. The Hall–Kier alpha value is -3.49. The van der Waals surface area contributed by atoms with E-state index in [9.17, 15) is 4.79 Å². The number of rotatable bonds is 4. The van der Waals surface area contributed by atoms with Gasteiger partial charge in [0, 0.05) is 23.8 Å². The summed E-state index contributed by atoms with van der Waals surface area (Å²) in [4.78, 5) is 21.7. The van der Waals surface area contributed by atoms with Crippen molar-refractivity contribution in [1.29, 1.82) is 0 Å². The van der Waals surface area contributed by atoms with E-state index in [0.29, 0.717) is 17.3 Å². The van der Waals surface area contributed by atoms with Gasteiger partial charge in [0.25, 0.3) is 0 Å². The number of hydrogen-bond acceptors (Lipinski definition) is 3. The number of hydrogen-bond donors (Lipinski definition) is 0. The Morgan fingerprint density at radius 2 is 1.94 bits per heavy atom. The van der Waals surface area contributed by atoms with Gasteiger partial charge in [0.1, 0.15) is 17.0 Å². The van der Waals surface area contributed by atoms with Gasteiger partial charge in [-0.25, -0.2) is 9.78 Å². The van der Waals surface area contributed by atoms with E-state index < -0.39 is 5.54 Å². The second-order valence-electron chi connectivity index (χ2n) is 8.44. The Balaban J connectivity index is 1.62. The standard InChI is InChI=1S/C27H24ClN3O2/c1-30-26(32)31(18-19-6-11-23(33-2)12-7-19)25-13-10-21(28)17-24(25)27(30,20-8-9-20)15-14-22-5-3-4-16-29-22/h3-7,10-13,16-17,20H,8-9,18H2,1-2H3. The van der Waals surface area contributed by atoms with Crippen LogP contribution in [0.25, 0.3) is 0 Å². The summed E-state index contributed by atoms with van der Waals surface area (Å²) in [5.41, 5.74) is 2.77. The fourth-order valence-corrected chi connectivity index (χ4v) is 4.75.